The molecule has 2 heterocycles. The van der Waals surface area contributed by atoms with Gasteiger partial charge in [-0.05, 0) is 42.7 Å². The van der Waals surface area contributed by atoms with Crippen LogP contribution in [0.4, 0.5) is 0 Å². The Hall–Kier alpha value is -3.12. The van der Waals surface area contributed by atoms with Gasteiger partial charge in [0.15, 0.2) is 12.2 Å². The van der Waals surface area contributed by atoms with E-state index in [4.69, 9.17) is 16.0 Å². The monoisotopic (exact) mass is 396 g/mol. The average molecular weight is 397 g/mol. The van der Waals surface area contributed by atoms with Gasteiger partial charge >= 0.3 is 5.97 Å². The second kappa shape index (κ2) is 7.48. The molecule has 1 amide bonds. The maximum absolute atomic E-state index is 13.0. The lowest BCUT2D eigenvalue weighted by Gasteiger charge is -2.22. The van der Waals surface area contributed by atoms with Crippen molar-refractivity contribution in [2.75, 3.05) is 6.54 Å². The number of oxazole rings is 1. The van der Waals surface area contributed by atoms with Crippen molar-refractivity contribution in [3.63, 3.8) is 0 Å². The first-order chi connectivity index (χ1) is 13.6. The Bertz CT molecular complexity index is 1030. The Morgan fingerprint density at radius 2 is 1.96 bits per heavy atom. The van der Waals surface area contributed by atoms with Crippen molar-refractivity contribution >= 4 is 23.5 Å². The van der Waals surface area contributed by atoms with Gasteiger partial charge in [-0.2, -0.15) is 0 Å². The highest BCUT2D eigenvalue weighted by molar-refractivity contribution is 6.33. The summed E-state index contributed by atoms with van der Waals surface area (Å²) >= 11 is 6.40. The predicted molar refractivity (Wildman–Crippen MR) is 104 cm³/mol. The van der Waals surface area contributed by atoms with E-state index >= 15 is 0 Å². The molecule has 0 aliphatic carbocycles. The number of likely N-dealkylation sites (tertiary alicyclic amines) is 1. The van der Waals surface area contributed by atoms with Crippen LogP contribution in [-0.2, 0) is 4.79 Å². The van der Waals surface area contributed by atoms with E-state index in [0.29, 0.717) is 35.7 Å². The van der Waals surface area contributed by atoms with Crippen molar-refractivity contribution in [2.24, 2.45) is 0 Å². The zero-order valence-electron chi connectivity index (χ0n) is 14.8. The van der Waals surface area contributed by atoms with Crippen molar-refractivity contribution in [1.82, 2.24) is 9.88 Å². The summed E-state index contributed by atoms with van der Waals surface area (Å²) in [6, 6.07) is 11.7. The van der Waals surface area contributed by atoms with Gasteiger partial charge in [0.1, 0.15) is 6.04 Å². The van der Waals surface area contributed by atoms with E-state index in [1.807, 2.05) is 18.2 Å². The van der Waals surface area contributed by atoms with Gasteiger partial charge < -0.3 is 14.4 Å². The van der Waals surface area contributed by atoms with Crippen LogP contribution in [0.2, 0.25) is 5.02 Å². The summed E-state index contributed by atoms with van der Waals surface area (Å²) in [4.78, 5) is 29.9. The highest BCUT2D eigenvalue weighted by Crippen LogP contribution is 2.37. The summed E-state index contributed by atoms with van der Waals surface area (Å²) in [6.07, 6.45) is 4.08. The maximum Gasteiger partial charge on any atom is 0.326 e. The number of aliphatic carboxylic acids is 1. The Morgan fingerprint density at radius 3 is 2.68 bits per heavy atom. The highest BCUT2D eigenvalue weighted by atomic mass is 35.5. The molecular weight excluding hydrogens is 380 g/mol. The summed E-state index contributed by atoms with van der Waals surface area (Å²) in [5.41, 5.74) is 2.63. The van der Waals surface area contributed by atoms with Gasteiger partial charge in [-0.15, -0.1) is 0 Å². The van der Waals surface area contributed by atoms with E-state index in [-0.39, 0.29) is 5.91 Å². The molecule has 7 heteroatoms. The first-order valence-corrected chi connectivity index (χ1v) is 9.25. The van der Waals surface area contributed by atoms with Gasteiger partial charge in [0, 0.05) is 28.3 Å². The van der Waals surface area contributed by atoms with E-state index in [9.17, 15) is 14.7 Å². The van der Waals surface area contributed by atoms with Crippen LogP contribution in [0, 0.1) is 0 Å². The molecule has 1 unspecified atom stereocenters. The third-order valence-electron chi connectivity index (χ3n) is 4.93. The summed E-state index contributed by atoms with van der Waals surface area (Å²) in [7, 11) is 0. The number of carboxylic acid groups (broad SMARTS) is 1. The number of nitrogens with zero attached hydrogens (tertiary/aromatic N) is 2. The Kier molecular flexibility index (Phi) is 4.88. The third-order valence-corrected chi connectivity index (χ3v) is 5.26. The Labute approximate surface area is 166 Å². The van der Waals surface area contributed by atoms with Crippen molar-refractivity contribution < 1.29 is 19.1 Å². The zero-order valence-corrected chi connectivity index (χ0v) is 15.6. The predicted octanol–water partition coefficient (Wildman–Crippen LogP) is 4.35. The molecule has 1 aliphatic heterocycles. The lowest BCUT2D eigenvalue weighted by molar-refractivity contribution is -0.141. The molecule has 2 aromatic carbocycles. The minimum Gasteiger partial charge on any atom is -0.480 e. The molecule has 28 heavy (non-hydrogen) atoms. The number of carbonyl (C=O) groups is 2. The van der Waals surface area contributed by atoms with Gasteiger partial charge in [0.2, 0.25) is 0 Å². The molecule has 142 valence electrons. The fourth-order valence-electron chi connectivity index (χ4n) is 3.58. The minimum absolute atomic E-state index is 0.303. The molecule has 1 aliphatic rings. The van der Waals surface area contributed by atoms with Gasteiger partial charge in [-0.25, -0.2) is 9.78 Å². The second-order valence-corrected chi connectivity index (χ2v) is 7.01. The molecule has 0 saturated carbocycles. The van der Waals surface area contributed by atoms with Crippen LogP contribution in [-0.4, -0.2) is 39.5 Å². The highest BCUT2D eigenvalue weighted by Gasteiger charge is 2.34. The van der Waals surface area contributed by atoms with Crippen molar-refractivity contribution in [1.29, 1.82) is 0 Å². The van der Waals surface area contributed by atoms with Crippen LogP contribution >= 0.6 is 11.6 Å². The molecule has 1 N–H and O–H groups in total. The Balaban J connectivity index is 1.81. The maximum atomic E-state index is 13.0. The molecule has 1 saturated heterocycles. The van der Waals surface area contributed by atoms with E-state index in [0.717, 1.165) is 16.7 Å². The fourth-order valence-corrected chi connectivity index (χ4v) is 3.81. The van der Waals surface area contributed by atoms with E-state index in [1.54, 1.807) is 30.5 Å². The molecule has 1 atom stereocenters. The van der Waals surface area contributed by atoms with Crippen LogP contribution in [0.3, 0.4) is 0 Å². The molecule has 6 nitrogen and oxygen atoms in total. The molecule has 3 aromatic rings. The Morgan fingerprint density at radius 1 is 1.14 bits per heavy atom. The number of carbonyl (C=O) groups excluding carboxylic acids is 1. The number of benzene rings is 2. The van der Waals surface area contributed by atoms with Crippen LogP contribution in [0.1, 0.15) is 23.2 Å². The van der Waals surface area contributed by atoms with Crippen molar-refractivity contribution in [3.05, 3.63) is 65.6 Å². The van der Waals surface area contributed by atoms with Crippen LogP contribution in [0.5, 0.6) is 0 Å². The lowest BCUT2D eigenvalue weighted by Crippen LogP contribution is -2.40. The molecular formula is C21H17ClN2O4. The second-order valence-electron chi connectivity index (χ2n) is 6.60. The van der Waals surface area contributed by atoms with Crippen molar-refractivity contribution in [2.45, 2.75) is 18.9 Å². The molecule has 0 spiro atoms. The van der Waals surface area contributed by atoms with E-state index in [2.05, 4.69) is 4.98 Å². The fraction of sp³-hybridized carbons (Fsp3) is 0.190. The van der Waals surface area contributed by atoms with Crippen LogP contribution in [0.25, 0.3) is 22.5 Å². The standard InChI is InChI=1S/C21H17ClN2O4/c22-17-5-2-1-4-14(17)16-10-13(7-8-15(16)19-11-23-12-28-19)20(25)24-9-3-6-18(24)21(26)27/h1-2,4-5,7-8,10-12,18H,3,6,9H2,(H,26,27). The molecule has 1 aromatic heterocycles. The topological polar surface area (TPSA) is 83.6 Å². The number of halogens is 1. The molecule has 1 fully saturated rings. The van der Waals surface area contributed by atoms with Crippen LogP contribution in [0.15, 0.2) is 59.5 Å². The number of carboxylic acids is 1. The number of aromatic nitrogens is 1. The summed E-state index contributed by atoms with van der Waals surface area (Å²) in [6.45, 7) is 0.432. The average Bonchev–Trinajstić information content (AvgIpc) is 3.39. The van der Waals surface area contributed by atoms with Gasteiger partial charge in [-0.1, -0.05) is 29.8 Å². The summed E-state index contributed by atoms with van der Waals surface area (Å²) < 4.78 is 5.44. The van der Waals surface area contributed by atoms with E-state index in [1.165, 1.54) is 11.3 Å². The number of rotatable bonds is 4. The summed E-state index contributed by atoms with van der Waals surface area (Å²) in [5, 5.41) is 9.93. The molecule has 4 rings (SSSR count). The quantitative estimate of drug-likeness (QED) is 0.708. The minimum atomic E-state index is -0.976. The van der Waals surface area contributed by atoms with Gasteiger partial charge in [0.05, 0.1) is 6.20 Å². The summed E-state index contributed by atoms with van der Waals surface area (Å²) in [5.74, 6) is -0.726. The number of amides is 1. The number of hydrogen-bond acceptors (Lipinski definition) is 4. The molecule has 0 radical (unpaired) electrons. The first-order valence-electron chi connectivity index (χ1n) is 8.88. The largest absolute Gasteiger partial charge is 0.480 e. The van der Waals surface area contributed by atoms with E-state index < -0.39 is 12.0 Å². The third kappa shape index (κ3) is 3.27. The first kappa shape index (κ1) is 18.3. The van der Waals surface area contributed by atoms with Gasteiger partial charge in [-0.3, -0.25) is 4.79 Å². The normalized spacial score (nSPS) is 16.3. The van der Waals surface area contributed by atoms with Crippen molar-refractivity contribution in [3.8, 4) is 22.5 Å². The lowest BCUT2D eigenvalue weighted by atomic mass is 9.95. The zero-order chi connectivity index (χ0) is 19.7. The number of hydrogen-bond donors (Lipinski definition) is 1. The smallest absolute Gasteiger partial charge is 0.326 e. The van der Waals surface area contributed by atoms with Gasteiger partial charge in [0.25, 0.3) is 5.91 Å². The van der Waals surface area contributed by atoms with Crippen LogP contribution < -0.4 is 0 Å². The SMILES string of the molecule is O=C(O)C1CCCN1C(=O)c1ccc(-c2cnco2)c(-c2ccccc2Cl)c1. The molecule has 0 bridgehead atoms.